The quantitative estimate of drug-likeness (QED) is 0.364. The van der Waals surface area contributed by atoms with Gasteiger partial charge in [0.25, 0.3) is 5.91 Å². The summed E-state index contributed by atoms with van der Waals surface area (Å²) < 4.78 is 28.6. The normalized spacial score (nSPS) is 19.6. The van der Waals surface area contributed by atoms with Gasteiger partial charge < -0.3 is 10.2 Å². The van der Waals surface area contributed by atoms with Crippen molar-refractivity contribution >= 4 is 26.8 Å². The van der Waals surface area contributed by atoms with Crippen molar-refractivity contribution in [3.8, 4) is 11.3 Å². The Morgan fingerprint density at radius 1 is 1.07 bits per heavy atom. The maximum atomic E-state index is 13.6. The van der Waals surface area contributed by atoms with E-state index in [1.165, 1.54) is 19.3 Å². The lowest BCUT2D eigenvalue weighted by atomic mass is 10.00. The topological polar surface area (TPSA) is 95.5 Å². The van der Waals surface area contributed by atoms with Gasteiger partial charge in [0.15, 0.2) is 0 Å². The summed E-state index contributed by atoms with van der Waals surface area (Å²) in [6.07, 6.45) is 10.9. The van der Waals surface area contributed by atoms with Crippen molar-refractivity contribution < 1.29 is 13.2 Å². The second kappa shape index (κ2) is 12.7. The van der Waals surface area contributed by atoms with E-state index in [2.05, 4.69) is 29.0 Å². The number of likely N-dealkylation sites (tertiary alicyclic amines) is 1. The number of sulfonamides is 1. The zero-order valence-electron chi connectivity index (χ0n) is 23.7. The molecule has 0 radical (unpaired) electrons. The lowest BCUT2D eigenvalue weighted by Crippen LogP contribution is -2.40. The summed E-state index contributed by atoms with van der Waals surface area (Å²) in [6, 6.07) is 11.1. The van der Waals surface area contributed by atoms with Gasteiger partial charge >= 0.3 is 0 Å². The average Bonchev–Trinajstić information content (AvgIpc) is 2.99. The Morgan fingerprint density at radius 3 is 2.65 bits per heavy atom. The summed E-state index contributed by atoms with van der Waals surface area (Å²) in [5.74, 6) is 0.306. The maximum absolute atomic E-state index is 13.6. The minimum atomic E-state index is -3.66. The first-order chi connectivity index (χ1) is 19.4. The molecule has 0 bridgehead atoms. The lowest BCUT2D eigenvalue weighted by molar-refractivity contribution is 0.0949. The van der Waals surface area contributed by atoms with E-state index in [-0.39, 0.29) is 10.8 Å². The molecule has 5 rings (SSSR count). The molecule has 1 amide bonds. The molecule has 1 N–H and O–H groups in total. The molecule has 9 heteroatoms. The van der Waals surface area contributed by atoms with Gasteiger partial charge in [-0.25, -0.2) is 13.4 Å². The third-order valence-corrected chi connectivity index (χ3v) is 10.4. The highest BCUT2D eigenvalue weighted by Gasteiger charge is 2.29. The number of nitrogens with zero attached hydrogens (tertiary/aromatic N) is 4. The zero-order chi connectivity index (χ0) is 28.1. The number of fused-ring (bicyclic) bond motifs is 1. The van der Waals surface area contributed by atoms with E-state index in [1.54, 1.807) is 41.0 Å². The van der Waals surface area contributed by atoms with Crippen LogP contribution in [-0.2, 0) is 10.0 Å². The fraction of sp³-hybridized carbons (Fsp3) is 0.516. The minimum absolute atomic E-state index is 0.204. The summed E-state index contributed by atoms with van der Waals surface area (Å²) in [5, 5.41) is 3.64. The summed E-state index contributed by atoms with van der Waals surface area (Å²) in [5.41, 5.74) is 2.44. The number of aromatic nitrogens is 2. The Hall–Kier alpha value is -2.88. The van der Waals surface area contributed by atoms with E-state index < -0.39 is 10.0 Å². The van der Waals surface area contributed by atoms with Crippen LogP contribution < -0.4 is 5.32 Å². The summed E-state index contributed by atoms with van der Waals surface area (Å²) in [7, 11) is -3.66. The van der Waals surface area contributed by atoms with Gasteiger partial charge in [-0.2, -0.15) is 4.31 Å². The van der Waals surface area contributed by atoms with Crippen LogP contribution in [0.1, 0.15) is 69.2 Å². The number of hydrogen-bond acceptors (Lipinski definition) is 6. The Morgan fingerprint density at radius 2 is 1.90 bits per heavy atom. The second-order valence-electron chi connectivity index (χ2n) is 11.3. The van der Waals surface area contributed by atoms with Gasteiger partial charge in [-0.1, -0.05) is 20.3 Å². The smallest absolute Gasteiger partial charge is 0.252 e. The molecule has 8 nitrogen and oxygen atoms in total. The molecule has 0 spiro atoms. The number of rotatable bonds is 9. The monoisotopic (exact) mass is 563 g/mol. The van der Waals surface area contributed by atoms with Crippen LogP contribution in [0.5, 0.6) is 0 Å². The average molecular weight is 564 g/mol. The Balaban J connectivity index is 1.41. The van der Waals surface area contributed by atoms with Crippen molar-refractivity contribution in [2.24, 2.45) is 5.92 Å². The molecule has 40 heavy (non-hydrogen) atoms. The molecule has 0 aliphatic carbocycles. The van der Waals surface area contributed by atoms with Crippen molar-refractivity contribution in [1.29, 1.82) is 0 Å². The van der Waals surface area contributed by atoms with Crippen molar-refractivity contribution in [3.05, 3.63) is 54.4 Å². The predicted molar refractivity (Wildman–Crippen MR) is 159 cm³/mol. The van der Waals surface area contributed by atoms with Gasteiger partial charge in [0.1, 0.15) is 0 Å². The zero-order valence-corrected chi connectivity index (χ0v) is 24.5. The first-order valence-electron chi connectivity index (χ1n) is 14.7. The molecule has 0 unspecified atom stereocenters. The Labute approximate surface area is 238 Å². The van der Waals surface area contributed by atoms with Gasteiger partial charge in [-0.15, -0.1) is 0 Å². The summed E-state index contributed by atoms with van der Waals surface area (Å²) >= 11 is 0. The van der Waals surface area contributed by atoms with Crippen molar-refractivity contribution in [3.63, 3.8) is 0 Å². The number of hydrogen-bond donors (Lipinski definition) is 1. The third-order valence-electron chi connectivity index (χ3n) is 8.49. The van der Waals surface area contributed by atoms with Crippen LogP contribution in [0.4, 0.5) is 0 Å². The molecule has 2 fully saturated rings. The summed E-state index contributed by atoms with van der Waals surface area (Å²) in [4.78, 5) is 25.3. The van der Waals surface area contributed by atoms with E-state index in [0.29, 0.717) is 53.8 Å². The molecule has 1 aromatic carbocycles. The van der Waals surface area contributed by atoms with Crippen molar-refractivity contribution in [2.45, 2.75) is 69.7 Å². The molecular formula is C31H41N5O3S. The van der Waals surface area contributed by atoms with E-state index in [0.717, 1.165) is 44.3 Å². The predicted octanol–water partition coefficient (Wildman–Crippen LogP) is 5.10. The fourth-order valence-corrected chi connectivity index (χ4v) is 7.48. The number of nitrogens with one attached hydrogen (secondary N) is 1. The van der Waals surface area contributed by atoms with Crippen LogP contribution in [0.25, 0.3) is 22.2 Å². The molecule has 2 aliphatic rings. The van der Waals surface area contributed by atoms with E-state index >= 15 is 0 Å². The highest BCUT2D eigenvalue weighted by Crippen LogP contribution is 2.29. The summed E-state index contributed by atoms with van der Waals surface area (Å²) in [6.45, 7) is 8.09. The number of benzene rings is 1. The number of carbonyl (C=O) groups is 1. The number of carbonyl (C=O) groups excluding carboxylic acids is 1. The van der Waals surface area contributed by atoms with Crippen LogP contribution in [-0.4, -0.2) is 72.3 Å². The Bertz CT molecular complexity index is 1420. The largest absolute Gasteiger partial charge is 0.352 e. The molecule has 214 valence electrons. The van der Waals surface area contributed by atoms with Gasteiger partial charge in [-0.05, 0) is 87.4 Å². The SMILES string of the molecule is CC[C@@H]1CCCCN1CCCNC(=O)c1cc(-c2cccnc2)nc2ccc(S(=O)(=O)N3CCC(C)CC3)cc12. The van der Waals surface area contributed by atoms with Gasteiger partial charge in [0.05, 0.1) is 21.7 Å². The van der Waals surface area contributed by atoms with E-state index in [4.69, 9.17) is 4.98 Å². The van der Waals surface area contributed by atoms with Crippen LogP contribution in [0.15, 0.2) is 53.7 Å². The molecule has 1 atom stereocenters. The number of piperidine rings is 2. The maximum Gasteiger partial charge on any atom is 0.252 e. The van der Waals surface area contributed by atoms with Crippen molar-refractivity contribution in [1.82, 2.24) is 24.5 Å². The van der Waals surface area contributed by atoms with Gasteiger partial charge in [0, 0.05) is 55.6 Å². The fourth-order valence-electron chi connectivity index (χ4n) is 5.99. The molecule has 2 aromatic heterocycles. The van der Waals surface area contributed by atoms with Crippen LogP contribution in [0.2, 0.25) is 0 Å². The highest BCUT2D eigenvalue weighted by molar-refractivity contribution is 7.89. The number of amides is 1. The highest BCUT2D eigenvalue weighted by atomic mass is 32.2. The van der Waals surface area contributed by atoms with Gasteiger partial charge in [0.2, 0.25) is 10.0 Å². The molecule has 2 aliphatic heterocycles. The van der Waals surface area contributed by atoms with Crippen LogP contribution >= 0.6 is 0 Å². The van der Waals surface area contributed by atoms with E-state index in [9.17, 15) is 13.2 Å². The van der Waals surface area contributed by atoms with Crippen LogP contribution in [0, 0.1) is 5.92 Å². The molecule has 0 saturated carbocycles. The number of pyridine rings is 2. The third kappa shape index (κ3) is 6.37. The first-order valence-corrected chi connectivity index (χ1v) is 16.2. The molecule has 2 saturated heterocycles. The minimum Gasteiger partial charge on any atom is -0.352 e. The lowest BCUT2D eigenvalue weighted by Gasteiger charge is -2.35. The van der Waals surface area contributed by atoms with Gasteiger partial charge in [-0.3, -0.25) is 9.78 Å². The second-order valence-corrected chi connectivity index (χ2v) is 13.2. The standard InChI is InChI=1S/C31H41N5O3S/c1-3-25-9-4-5-16-35(25)17-7-15-33-31(37)28-21-30(24-8-6-14-32-22-24)34-29-11-10-26(20-27(28)29)40(38,39)36-18-12-23(2)13-19-36/h6,8,10-11,14,20-23,25H,3-5,7,9,12-13,15-19H2,1-2H3,(H,33,37)/t25-/m1/s1. The van der Waals surface area contributed by atoms with E-state index in [1.807, 2.05) is 12.1 Å². The molecular weight excluding hydrogens is 522 g/mol. The van der Waals surface area contributed by atoms with Crippen molar-refractivity contribution in [2.75, 3.05) is 32.7 Å². The molecule has 4 heterocycles. The Kier molecular flexibility index (Phi) is 9.13. The first kappa shape index (κ1) is 28.6. The molecule has 3 aromatic rings. The van der Waals surface area contributed by atoms with Crippen LogP contribution in [0.3, 0.4) is 0 Å².